The van der Waals surface area contributed by atoms with Gasteiger partial charge < -0.3 is 0 Å². The second-order valence-electron chi connectivity index (χ2n) is 6.08. The van der Waals surface area contributed by atoms with Crippen LogP contribution in [-0.4, -0.2) is 45.8 Å². The second-order valence-corrected chi connectivity index (χ2v) is 8.29. The minimum absolute atomic E-state index is 0.770. The Morgan fingerprint density at radius 1 is 1.22 bits per heavy atom. The monoisotopic (exact) mass is 416 g/mol. The normalized spacial score (nSPS) is 17.6. The highest BCUT2D eigenvalue weighted by molar-refractivity contribution is 9.10. The lowest BCUT2D eigenvalue weighted by atomic mass is 10.2. The van der Waals surface area contributed by atoms with Crippen LogP contribution in [0.15, 0.2) is 15.9 Å². The molecule has 2 aromatic rings. The van der Waals surface area contributed by atoms with Gasteiger partial charge in [0.15, 0.2) is 0 Å². The topological polar surface area (TPSA) is 24.3 Å². The molecule has 0 unspecified atom stereocenters. The fraction of sp³-hybridized carbons (Fsp3) is 0.562. The molecule has 0 spiro atoms. The molecule has 7 heteroatoms. The lowest BCUT2D eigenvalue weighted by molar-refractivity contribution is 0.248. The summed E-state index contributed by atoms with van der Waals surface area (Å²) in [4.78, 5) is 6.47. The van der Waals surface area contributed by atoms with Crippen LogP contribution < -0.4 is 0 Å². The van der Waals surface area contributed by atoms with Gasteiger partial charge in [0.1, 0.15) is 5.15 Å². The van der Waals surface area contributed by atoms with E-state index in [2.05, 4.69) is 42.3 Å². The Morgan fingerprint density at radius 2 is 1.91 bits per heavy atom. The number of hydrogen-bond donors (Lipinski definition) is 0. The third-order valence-electron chi connectivity index (χ3n) is 4.39. The quantitative estimate of drug-likeness (QED) is 0.753. The van der Waals surface area contributed by atoms with Gasteiger partial charge >= 0.3 is 0 Å². The van der Waals surface area contributed by atoms with Crippen molar-refractivity contribution in [2.75, 3.05) is 26.2 Å². The Balaban J connectivity index is 1.59. The van der Waals surface area contributed by atoms with E-state index >= 15 is 0 Å². The molecule has 0 N–H and O–H groups in total. The summed E-state index contributed by atoms with van der Waals surface area (Å²) in [7, 11) is 1.90. The highest BCUT2D eigenvalue weighted by atomic mass is 79.9. The first-order chi connectivity index (χ1) is 11.0. The summed E-state index contributed by atoms with van der Waals surface area (Å²) in [6, 6.07) is 2.14. The molecular weight excluding hydrogens is 396 g/mol. The van der Waals surface area contributed by atoms with Crippen LogP contribution in [0.25, 0.3) is 0 Å². The number of aryl methyl sites for hydroxylation is 2. The largest absolute Gasteiger partial charge is 0.298 e. The van der Waals surface area contributed by atoms with E-state index in [1.54, 1.807) is 4.68 Å². The molecule has 1 aliphatic rings. The molecule has 2 aromatic heterocycles. The van der Waals surface area contributed by atoms with Crippen LogP contribution in [0.1, 0.15) is 22.6 Å². The highest BCUT2D eigenvalue weighted by Gasteiger charge is 2.19. The molecule has 23 heavy (non-hydrogen) atoms. The van der Waals surface area contributed by atoms with E-state index in [0.717, 1.165) is 50.1 Å². The first-order valence-corrected chi connectivity index (χ1v) is 9.94. The van der Waals surface area contributed by atoms with Gasteiger partial charge in [-0.15, -0.1) is 11.3 Å². The van der Waals surface area contributed by atoms with Crippen LogP contribution in [0, 0.1) is 6.92 Å². The third-order valence-corrected chi connectivity index (χ3v) is 6.77. The Labute approximate surface area is 155 Å². The molecule has 1 fully saturated rings. The van der Waals surface area contributed by atoms with Gasteiger partial charge in [-0.3, -0.25) is 14.5 Å². The molecule has 0 aliphatic carbocycles. The Bertz CT molecular complexity index is 669. The molecule has 0 atom stereocenters. The Hall–Kier alpha value is -0.400. The number of hydrogen-bond acceptors (Lipinski definition) is 4. The SMILES string of the molecule is Cc1nn(C)c(Cl)c1CN1CCCN(Cc2sccc2Br)CC1. The molecule has 3 rings (SSSR count). The summed E-state index contributed by atoms with van der Waals surface area (Å²) >= 11 is 11.8. The summed E-state index contributed by atoms with van der Waals surface area (Å²) < 4.78 is 3.01. The predicted octanol–water partition coefficient (Wildman–Crippen LogP) is 3.91. The van der Waals surface area contributed by atoms with Crippen LogP contribution in [-0.2, 0) is 20.1 Å². The van der Waals surface area contributed by atoms with Gasteiger partial charge in [-0.1, -0.05) is 11.6 Å². The summed E-state index contributed by atoms with van der Waals surface area (Å²) in [6.07, 6.45) is 1.19. The molecule has 0 radical (unpaired) electrons. The van der Waals surface area contributed by atoms with Gasteiger partial charge in [-0.25, -0.2) is 0 Å². The molecule has 0 saturated carbocycles. The van der Waals surface area contributed by atoms with Crippen molar-refractivity contribution in [1.29, 1.82) is 0 Å². The molecule has 126 valence electrons. The van der Waals surface area contributed by atoms with Gasteiger partial charge in [0.05, 0.1) is 5.69 Å². The van der Waals surface area contributed by atoms with E-state index in [4.69, 9.17) is 11.6 Å². The van der Waals surface area contributed by atoms with Crippen molar-refractivity contribution >= 4 is 38.9 Å². The van der Waals surface area contributed by atoms with E-state index in [1.165, 1.54) is 21.3 Å². The smallest absolute Gasteiger partial charge is 0.131 e. The molecule has 0 amide bonds. The van der Waals surface area contributed by atoms with Crippen LogP contribution in [0.5, 0.6) is 0 Å². The number of aromatic nitrogens is 2. The van der Waals surface area contributed by atoms with Crippen molar-refractivity contribution < 1.29 is 0 Å². The molecule has 1 saturated heterocycles. The van der Waals surface area contributed by atoms with Crippen molar-refractivity contribution in [3.8, 4) is 0 Å². The predicted molar refractivity (Wildman–Crippen MR) is 100 cm³/mol. The maximum absolute atomic E-state index is 6.37. The van der Waals surface area contributed by atoms with Gasteiger partial charge in [0.2, 0.25) is 0 Å². The summed E-state index contributed by atoms with van der Waals surface area (Å²) in [6.45, 7) is 8.43. The van der Waals surface area contributed by atoms with E-state index in [0.29, 0.717) is 0 Å². The van der Waals surface area contributed by atoms with E-state index < -0.39 is 0 Å². The van der Waals surface area contributed by atoms with Gasteiger partial charge in [0, 0.05) is 48.1 Å². The van der Waals surface area contributed by atoms with Crippen molar-refractivity contribution in [1.82, 2.24) is 19.6 Å². The summed E-state index contributed by atoms with van der Waals surface area (Å²) in [5.74, 6) is 0. The molecule has 0 aromatic carbocycles. The molecule has 4 nitrogen and oxygen atoms in total. The van der Waals surface area contributed by atoms with Crippen LogP contribution in [0.2, 0.25) is 5.15 Å². The van der Waals surface area contributed by atoms with Gasteiger partial charge in [-0.2, -0.15) is 5.10 Å². The first kappa shape index (κ1) is 17.4. The number of nitrogens with zero attached hydrogens (tertiary/aromatic N) is 4. The minimum atomic E-state index is 0.770. The Kier molecular flexibility index (Phi) is 5.80. The second kappa shape index (κ2) is 7.66. The lowest BCUT2D eigenvalue weighted by Gasteiger charge is -2.21. The molecule has 3 heterocycles. The zero-order valence-corrected chi connectivity index (χ0v) is 16.7. The number of halogens is 2. The lowest BCUT2D eigenvalue weighted by Crippen LogP contribution is -2.30. The van der Waals surface area contributed by atoms with Gasteiger partial charge in [0.25, 0.3) is 0 Å². The number of rotatable bonds is 4. The molecule has 1 aliphatic heterocycles. The van der Waals surface area contributed by atoms with Crippen LogP contribution in [0.3, 0.4) is 0 Å². The van der Waals surface area contributed by atoms with Crippen LogP contribution in [0.4, 0.5) is 0 Å². The fourth-order valence-corrected chi connectivity index (χ4v) is 4.81. The highest BCUT2D eigenvalue weighted by Crippen LogP contribution is 2.25. The van der Waals surface area contributed by atoms with Crippen molar-refractivity contribution in [3.05, 3.63) is 37.2 Å². The zero-order chi connectivity index (χ0) is 16.4. The first-order valence-electron chi connectivity index (χ1n) is 7.89. The maximum atomic E-state index is 6.37. The average molecular weight is 418 g/mol. The average Bonchev–Trinajstić information content (AvgIpc) is 2.91. The maximum Gasteiger partial charge on any atom is 0.131 e. The zero-order valence-electron chi connectivity index (χ0n) is 13.6. The van der Waals surface area contributed by atoms with E-state index in [9.17, 15) is 0 Å². The standard InChI is InChI=1S/C16H22BrClN4S/c1-12-13(16(18)20(2)19-12)10-21-5-3-6-22(8-7-21)11-15-14(17)4-9-23-15/h4,9H,3,5-8,10-11H2,1-2H3. The number of thiophene rings is 1. The minimum Gasteiger partial charge on any atom is -0.298 e. The van der Waals surface area contributed by atoms with Gasteiger partial charge in [-0.05, 0) is 53.8 Å². The summed E-state index contributed by atoms with van der Waals surface area (Å²) in [5.41, 5.74) is 2.21. The molecule has 0 bridgehead atoms. The van der Waals surface area contributed by atoms with E-state index in [1.807, 2.05) is 25.3 Å². The third kappa shape index (κ3) is 4.17. The van der Waals surface area contributed by atoms with Crippen molar-refractivity contribution in [3.63, 3.8) is 0 Å². The Morgan fingerprint density at radius 3 is 2.48 bits per heavy atom. The summed E-state index contributed by atoms with van der Waals surface area (Å²) in [5, 5.41) is 7.34. The van der Waals surface area contributed by atoms with Crippen molar-refractivity contribution in [2.45, 2.75) is 26.4 Å². The van der Waals surface area contributed by atoms with Crippen molar-refractivity contribution in [2.24, 2.45) is 7.05 Å². The van der Waals surface area contributed by atoms with Crippen LogP contribution >= 0.6 is 38.9 Å². The fourth-order valence-electron chi connectivity index (χ4n) is 3.06. The van der Waals surface area contributed by atoms with E-state index in [-0.39, 0.29) is 0 Å². The molecular formula is C16H22BrClN4S.